The Balaban J connectivity index is 1.70. The highest BCUT2D eigenvalue weighted by Crippen LogP contribution is 2.35. The first kappa shape index (κ1) is 21.2. The number of rotatable bonds is 5. The molecule has 1 amide bonds. The van der Waals surface area contributed by atoms with Crippen LogP contribution in [-0.2, 0) is 17.6 Å². The average molecular weight is 525 g/mol. The molecule has 3 rings (SSSR count). The molecule has 146 valence electrons. The van der Waals surface area contributed by atoms with Crippen molar-refractivity contribution in [2.45, 2.75) is 31.2 Å². The van der Waals surface area contributed by atoms with E-state index in [-0.39, 0.29) is 11.7 Å². The van der Waals surface area contributed by atoms with E-state index in [0.29, 0.717) is 27.9 Å². The molecule has 0 spiro atoms. The number of hydrogen-bond donors (Lipinski definition) is 1. The number of carbonyl (C=O) groups excluding carboxylic acids is 1. The van der Waals surface area contributed by atoms with Gasteiger partial charge in [0.1, 0.15) is 16.8 Å². The number of thioether (sulfide) groups is 1. The highest BCUT2D eigenvalue weighted by molar-refractivity contribution is 9.11. The largest absolute Gasteiger partial charge is 0.496 e. The number of hydrogen-bond acceptors (Lipinski definition) is 5. The summed E-state index contributed by atoms with van der Waals surface area (Å²) in [6.45, 7) is 2.22. The molecule has 8 heteroatoms. The Bertz CT molecular complexity index is 959. The highest BCUT2D eigenvalue weighted by Gasteiger charge is 2.20. The molecular formula is C20H19Br2N3O2S. The van der Waals surface area contributed by atoms with Crippen molar-refractivity contribution in [3.8, 4) is 11.8 Å². The lowest BCUT2D eigenvalue weighted by atomic mass is 9.87. The first-order valence-electron chi connectivity index (χ1n) is 8.79. The quantitative estimate of drug-likeness (QED) is 0.534. The highest BCUT2D eigenvalue weighted by atomic mass is 79.9. The summed E-state index contributed by atoms with van der Waals surface area (Å²) in [6.07, 6.45) is 2.99. The van der Waals surface area contributed by atoms with Gasteiger partial charge in [0.2, 0.25) is 5.91 Å². The van der Waals surface area contributed by atoms with E-state index in [4.69, 9.17) is 4.74 Å². The van der Waals surface area contributed by atoms with Gasteiger partial charge in [0.25, 0.3) is 0 Å². The van der Waals surface area contributed by atoms with E-state index in [9.17, 15) is 10.1 Å². The molecule has 5 nitrogen and oxygen atoms in total. The molecule has 0 bridgehead atoms. The number of carbonyl (C=O) groups is 1. The van der Waals surface area contributed by atoms with Crippen LogP contribution in [0.2, 0.25) is 0 Å². The summed E-state index contributed by atoms with van der Waals surface area (Å²) < 4.78 is 6.71. The molecule has 0 aliphatic heterocycles. The lowest BCUT2D eigenvalue weighted by molar-refractivity contribution is -0.113. The van der Waals surface area contributed by atoms with E-state index < -0.39 is 0 Å². The maximum Gasteiger partial charge on any atom is 0.234 e. The molecular weight excluding hydrogens is 506 g/mol. The summed E-state index contributed by atoms with van der Waals surface area (Å²) >= 11 is 8.15. The number of nitrogens with one attached hydrogen (secondary N) is 1. The molecule has 0 radical (unpaired) electrons. The molecule has 1 aliphatic carbocycles. The summed E-state index contributed by atoms with van der Waals surface area (Å²) in [6, 6.07) is 7.73. The lowest BCUT2D eigenvalue weighted by Crippen LogP contribution is -2.16. The molecule has 2 aromatic rings. The first-order chi connectivity index (χ1) is 13.4. The summed E-state index contributed by atoms with van der Waals surface area (Å²) in [5.74, 6) is 1.30. The molecule has 1 atom stereocenters. The number of aryl methyl sites for hydroxylation is 1. The number of aromatic nitrogens is 1. The minimum Gasteiger partial charge on any atom is -0.496 e. The van der Waals surface area contributed by atoms with E-state index in [1.54, 1.807) is 19.2 Å². The number of nitriles is 1. The van der Waals surface area contributed by atoms with E-state index in [1.165, 1.54) is 11.8 Å². The van der Waals surface area contributed by atoms with E-state index >= 15 is 0 Å². The van der Waals surface area contributed by atoms with Gasteiger partial charge in [0, 0.05) is 10.2 Å². The van der Waals surface area contributed by atoms with Gasteiger partial charge in [-0.25, -0.2) is 4.98 Å². The molecule has 0 unspecified atom stereocenters. The third-order valence-electron chi connectivity index (χ3n) is 4.57. The third kappa shape index (κ3) is 4.88. The van der Waals surface area contributed by atoms with Crippen LogP contribution in [0.1, 0.15) is 30.2 Å². The number of pyridine rings is 1. The van der Waals surface area contributed by atoms with Gasteiger partial charge >= 0.3 is 0 Å². The van der Waals surface area contributed by atoms with Crippen molar-refractivity contribution in [1.29, 1.82) is 5.26 Å². The summed E-state index contributed by atoms with van der Waals surface area (Å²) in [5, 5.41) is 13.0. The van der Waals surface area contributed by atoms with Gasteiger partial charge in [-0.2, -0.15) is 5.26 Å². The number of anilines is 1. The number of benzene rings is 1. The Labute approximate surface area is 185 Å². The van der Waals surface area contributed by atoms with Crippen LogP contribution in [0.15, 0.2) is 32.2 Å². The maximum atomic E-state index is 12.4. The van der Waals surface area contributed by atoms with Crippen molar-refractivity contribution in [3.63, 3.8) is 0 Å². The fraction of sp³-hybridized carbons (Fsp3) is 0.350. The standard InChI is InChI=1S/C20H19Br2N3O2S/c1-11-3-4-16-12(5-11)6-13(9-23)20(25-16)28-10-19(26)24-17-7-15(22)18(27-2)8-14(17)21/h6-8,11H,3-5,10H2,1-2H3,(H,24,26)/t11-/m0/s1. The minimum absolute atomic E-state index is 0.167. The summed E-state index contributed by atoms with van der Waals surface area (Å²) in [5.41, 5.74) is 3.41. The SMILES string of the molecule is COc1cc(Br)c(NC(=O)CSc2nc3c(cc2C#N)C[C@@H](C)CC3)cc1Br. The van der Waals surface area contributed by atoms with E-state index in [0.717, 1.165) is 39.5 Å². The van der Waals surface area contributed by atoms with E-state index in [2.05, 4.69) is 55.2 Å². The maximum absolute atomic E-state index is 12.4. The monoisotopic (exact) mass is 523 g/mol. The van der Waals surface area contributed by atoms with Crippen molar-refractivity contribution in [2.24, 2.45) is 5.92 Å². The predicted molar refractivity (Wildman–Crippen MR) is 118 cm³/mol. The Kier molecular flexibility index (Phi) is 7.02. The zero-order valence-corrected chi connectivity index (χ0v) is 19.5. The van der Waals surface area contributed by atoms with Crippen LogP contribution in [0.25, 0.3) is 0 Å². The second-order valence-electron chi connectivity index (χ2n) is 6.71. The third-order valence-corrected chi connectivity index (χ3v) is 6.84. The average Bonchev–Trinajstić information content (AvgIpc) is 2.68. The zero-order chi connectivity index (χ0) is 20.3. The Hall–Kier alpha value is -1.56. The van der Waals surface area contributed by atoms with Gasteiger partial charge in [-0.05, 0) is 80.8 Å². The van der Waals surface area contributed by atoms with Gasteiger partial charge in [-0.1, -0.05) is 18.7 Å². The second-order valence-corrected chi connectivity index (χ2v) is 9.38. The fourth-order valence-electron chi connectivity index (χ4n) is 3.12. The van der Waals surface area contributed by atoms with Crippen LogP contribution in [-0.4, -0.2) is 23.8 Å². The fourth-order valence-corrected chi connectivity index (χ4v) is 4.82. The Morgan fingerprint density at radius 3 is 2.89 bits per heavy atom. The number of ether oxygens (including phenoxy) is 1. The van der Waals surface area contributed by atoms with Gasteiger partial charge in [-0.3, -0.25) is 4.79 Å². The van der Waals surface area contributed by atoms with E-state index in [1.807, 2.05) is 6.07 Å². The molecule has 1 heterocycles. The van der Waals surface area contributed by atoms with Crippen molar-refractivity contribution < 1.29 is 9.53 Å². The number of fused-ring (bicyclic) bond motifs is 1. The Morgan fingerprint density at radius 2 is 2.18 bits per heavy atom. The van der Waals surface area contributed by atoms with Crippen molar-refractivity contribution >= 4 is 55.2 Å². The predicted octanol–water partition coefficient (Wildman–Crippen LogP) is 5.34. The topological polar surface area (TPSA) is 75.0 Å². The van der Waals surface area contributed by atoms with Gasteiger partial charge in [0.15, 0.2) is 0 Å². The molecule has 1 aromatic carbocycles. The normalized spacial score (nSPS) is 15.5. The van der Waals surface area contributed by atoms with Crippen molar-refractivity contribution in [2.75, 3.05) is 18.2 Å². The van der Waals surface area contributed by atoms with Gasteiger partial charge in [-0.15, -0.1) is 0 Å². The minimum atomic E-state index is -0.167. The van der Waals surface area contributed by atoms with Crippen molar-refractivity contribution in [3.05, 3.63) is 44.0 Å². The molecule has 0 saturated heterocycles. The Morgan fingerprint density at radius 1 is 1.39 bits per heavy atom. The molecule has 28 heavy (non-hydrogen) atoms. The number of halogens is 2. The molecule has 1 N–H and O–H groups in total. The molecule has 0 saturated carbocycles. The van der Waals surface area contributed by atoms with Crippen LogP contribution in [0.5, 0.6) is 5.75 Å². The lowest BCUT2D eigenvalue weighted by Gasteiger charge is -2.21. The number of methoxy groups -OCH3 is 1. The molecule has 0 fully saturated rings. The van der Waals surface area contributed by atoms with Crippen LogP contribution in [0.3, 0.4) is 0 Å². The smallest absolute Gasteiger partial charge is 0.234 e. The van der Waals surface area contributed by atoms with Gasteiger partial charge < -0.3 is 10.1 Å². The summed E-state index contributed by atoms with van der Waals surface area (Å²) in [4.78, 5) is 17.1. The van der Waals surface area contributed by atoms with Gasteiger partial charge in [0.05, 0.1) is 28.6 Å². The second kappa shape index (κ2) is 9.29. The van der Waals surface area contributed by atoms with Crippen LogP contribution in [0.4, 0.5) is 5.69 Å². The molecule has 1 aromatic heterocycles. The first-order valence-corrected chi connectivity index (χ1v) is 11.4. The summed E-state index contributed by atoms with van der Waals surface area (Å²) in [7, 11) is 1.58. The number of nitrogens with zero attached hydrogens (tertiary/aromatic N) is 2. The van der Waals surface area contributed by atoms with Crippen LogP contribution < -0.4 is 10.1 Å². The van der Waals surface area contributed by atoms with Crippen LogP contribution >= 0.6 is 43.6 Å². The number of amides is 1. The molecule has 1 aliphatic rings. The van der Waals surface area contributed by atoms with Crippen molar-refractivity contribution in [1.82, 2.24) is 4.98 Å². The zero-order valence-electron chi connectivity index (χ0n) is 15.5. The van der Waals surface area contributed by atoms with Crippen LogP contribution in [0, 0.1) is 17.2 Å².